The number of hydrogen-bond donors (Lipinski definition) is 2. The molecule has 1 amide bonds. The van der Waals surface area contributed by atoms with E-state index in [0.717, 1.165) is 30.5 Å². The van der Waals surface area contributed by atoms with Crippen molar-refractivity contribution in [3.63, 3.8) is 0 Å². The smallest absolute Gasteiger partial charge is 0.366 e. The van der Waals surface area contributed by atoms with Gasteiger partial charge in [-0.1, -0.05) is 0 Å². The number of nitrogens with zero attached hydrogens (tertiary/aromatic N) is 6. The van der Waals surface area contributed by atoms with Crippen LogP contribution in [0.1, 0.15) is 42.6 Å². The van der Waals surface area contributed by atoms with Gasteiger partial charge in [-0.3, -0.25) is 4.79 Å². The van der Waals surface area contributed by atoms with Crippen molar-refractivity contribution in [3.05, 3.63) is 47.8 Å². The average molecular weight is 494 g/mol. The molecule has 1 saturated carbocycles. The van der Waals surface area contributed by atoms with Crippen molar-refractivity contribution in [2.75, 3.05) is 11.9 Å². The Morgan fingerprint density at radius 2 is 1.86 bits per heavy atom. The van der Waals surface area contributed by atoms with E-state index in [1.165, 1.54) is 31.0 Å². The number of carbonyl (C=O) groups excluding carboxylic acids is 1. The van der Waals surface area contributed by atoms with Gasteiger partial charge in [0.2, 0.25) is 5.95 Å². The van der Waals surface area contributed by atoms with Gasteiger partial charge in [-0.05, 0) is 25.0 Å². The summed E-state index contributed by atoms with van der Waals surface area (Å²) in [5.41, 5.74) is 4.95. The second-order valence-electron chi connectivity index (χ2n) is 8.11. The van der Waals surface area contributed by atoms with Crippen LogP contribution in [0.4, 0.5) is 27.9 Å². The van der Waals surface area contributed by atoms with Crippen LogP contribution >= 0.6 is 0 Å². The van der Waals surface area contributed by atoms with E-state index in [0.29, 0.717) is 5.69 Å². The molecular weight excluding hydrogens is 475 g/mol. The number of primary amides is 1. The largest absolute Gasteiger partial charge is 0.433 e. The fourth-order valence-corrected chi connectivity index (χ4v) is 3.09. The SMILES string of the molecule is CC(F)(F)CNc1ncc(/C(=C\n2cnc(-c3cc(C4CC4)nc(C(F)(F)F)c3)n2)C(N)=O)cn1. The van der Waals surface area contributed by atoms with E-state index in [2.05, 4.69) is 30.4 Å². The summed E-state index contributed by atoms with van der Waals surface area (Å²) in [6.07, 6.45) is 1.71. The van der Waals surface area contributed by atoms with E-state index < -0.39 is 30.2 Å². The normalized spacial score (nSPS) is 14.7. The molecule has 0 saturated heterocycles. The Kier molecular flexibility index (Phi) is 6.21. The molecule has 0 aromatic carbocycles. The van der Waals surface area contributed by atoms with Crippen molar-refractivity contribution in [1.29, 1.82) is 0 Å². The number of carbonyl (C=O) groups is 1. The summed E-state index contributed by atoms with van der Waals surface area (Å²) in [7, 11) is 0. The molecule has 3 heterocycles. The first kappa shape index (κ1) is 24.2. The molecule has 184 valence electrons. The van der Waals surface area contributed by atoms with Gasteiger partial charge in [-0.2, -0.15) is 13.2 Å². The van der Waals surface area contributed by atoms with Crippen LogP contribution < -0.4 is 11.1 Å². The van der Waals surface area contributed by atoms with Crippen molar-refractivity contribution in [1.82, 2.24) is 29.7 Å². The molecule has 4 rings (SSSR count). The van der Waals surface area contributed by atoms with Gasteiger partial charge < -0.3 is 11.1 Å². The number of rotatable bonds is 8. The maximum Gasteiger partial charge on any atom is 0.433 e. The van der Waals surface area contributed by atoms with Gasteiger partial charge in [0.1, 0.15) is 12.0 Å². The molecule has 9 nitrogen and oxygen atoms in total. The van der Waals surface area contributed by atoms with E-state index in [-0.39, 0.29) is 34.4 Å². The van der Waals surface area contributed by atoms with Crippen molar-refractivity contribution in [3.8, 4) is 11.4 Å². The number of nitrogens with one attached hydrogen (secondary N) is 1. The number of halogens is 5. The molecule has 1 fully saturated rings. The minimum Gasteiger partial charge on any atom is -0.366 e. The topological polar surface area (TPSA) is 125 Å². The van der Waals surface area contributed by atoms with Gasteiger partial charge in [-0.15, -0.1) is 5.10 Å². The fraction of sp³-hybridized carbons (Fsp3) is 0.333. The van der Waals surface area contributed by atoms with Crippen LogP contribution in [0, 0.1) is 0 Å². The number of alkyl halides is 5. The van der Waals surface area contributed by atoms with Crippen LogP contribution in [0.15, 0.2) is 30.9 Å². The summed E-state index contributed by atoms with van der Waals surface area (Å²) in [6, 6.07) is 2.38. The molecule has 3 aromatic rings. The van der Waals surface area contributed by atoms with E-state index in [4.69, 9.17) is 5.73 Å². The standard InChI is InChI=1S/C21H19F5N8O/c1-20(22,23)9-30-19-28-6-13(7-29-19)14(17(27)35)8-34-10-31-18(33-34)12-4-15(11-2-3-11)32-16(5-12)21(24,25)26/h4-8,10-11H,2-3,9H2,1H3,(H2,27,35)(H,28,29,30)/b14-8+. The van der Waals surface area contributed by atoms with Crippen molar-refractivity contribution >= 4 is 23.6 Å². The lowest BCUT2D eigenvalue weighted by Crippen LogP contribution is -2.23. The zero-order valence-corrected chi connectivity index (χ0v) is 18.2. The summed E-state index contributed by atoms with van der Waals surface area (Å²) in [5.74, 6) is -3.95. The fourth-order valence-electron chi connectivity index (χ4n) is 3.09. The first-order chi connectivity index (χ1) is 16.4. The lowest BCUT2D eigenvalue weighted by Gasteiger charge is -2.11. The predicted octanol–water partition coefficient (Wildman–Crippen LogP) is 3.58. The Balaban J connectivity index is 1.61. The quantitative estimate of drug-likeness (QED) is 0.362. The van der Waals surface area contributed by atoms with E-state index in [1.807, 2.05) is 0 Å². The number of amides is 1. The molecule has 0 bridgehead atoms. The summed E-state index contributed by atoms with van der Waals surface area (Å²) in [5, 5.41) is 6.50. The van der Waals surface area contributed by atoms with Gasteiger partial charge in [0, 0.05) is 48.3 Å². The van der Waals surface area contributed by atoms with E-state index in [9.17, 15) is 26.7 Å². The monoisotopic (exact) mass is 494 g/mol. The molecular formula is C21H19F5N8O. The summed E-state index contributed by atoms with van der Waals surface area (Å²) in [4.78, 5) is 27.5. The molecule has 0 unspecified atom stereocenters. The first-order valence-corrected chi connectivity index (χ1v) is 10.4. The summed E-state index contributed by atoms with van der Waals surface area (Å²) >= 11 is 0. The molecule has 14 heteroatoms. The van der Waals surface area contributed by atoms with Crippen LogP contribution in [0.25, 0.3) is 23.2 Å². The van der Waals surface area contributed by atoms with E-state index in [1.54, 1.807) is 0 Å². The number of nitrogens with two attached hydrogens (primary N) is 1. The molecule has 1 aliphatic rings. The number of pyridine rings is 1. The lowest BCUT2D eigenvalue weighted by molar-refractivity contribution is -0.141. The molecule has 0 atom stereocenters. The van der Waals surface area contributed by atoms with Crippen LogP contribution in [0.5, 0.6) is 0 Å². The number of hydrogen-bond acceptors (Lipinski definition) is 7. The maximum atomic E-state index is 13.3. The molecule has 0 radical (unpaired) electrons. The summed E-state index contributed by atoms with van der Waals surface area (Å²) in [6.45, 7) is 0.0530. The highest BCUT2D eigenvalue weighted by Crippen LogP contribution is 2.41. The third-order valence-electron chi connectivity index (χ3n) is 4.94. The van der Waals surface area contributed by atoms with Crippen molar-refractivity contribution in [2.45, 2.75) is 37.8 Å². The van der Waals surface area contributed by atoms with Gasteiger partial charge in [0.15, 0.2) is 5.82 Å². The molecule has 0 aliphatic heterocycles. The van der Waals surface area contributed by atoms with Gasteiger partial charge in [0.25, 0.3) is 11.8 Å². The van der Waals surface area contributed by atoms with Gasteiger partial charge in [-0.25, -0.2) is 33.4 Å². The van der Waals surface area contributed by atoms with Crippen LogP contribution in [-0.2, 0) is 11.0 Å². The third-order valence-corrected chi connectivity index (χ3v) is 4.94. The zero-order chi connectivity index (χ0) is 25.4. The molecule has 3 N–H and O–H groups in total. The summed E-state index contributed by atoms with van der Waals surface area (Å²) < 4.78 is 67.0. The Morgan fingerprint density at radius 1 is 1.17 bits per heavy atom. The Labute approximate surface area is 195 Å². The van der Waals surface area contributed by atoms with Gasteiger partial charge >= 0.3 is 6.18 Å². The van der Waals surface area contributed by atoms with Crippen LogP contribution in [-0.4, -0.2) is 48.1 Å². The van der Waals surface area contributed by atoms with Crippen LogP contribution in [0.3, 0.4) is 0 Å². The highest BCUT2D eigenvalue weighted by Gasteiger charge is 2.35. The molecule has 1 aliphatic carbocycles. The van der Waals surface area contributed by atoms with Crippen molar-refractivity contribution < 1.29 is 26.7 Å². The highest BCUT2D eigenvalue weighted by atomic mass is 19.4. The second-order valence-corrected chi connectivity index (χ2v) is 8.11. The first-order valence-electron chi connectivity index (χ1n) is 10.4. The number of aromatic nitrogens is 6. The predicted molar refractivity (Wildman–Crippen MR) is 115 cm³/mol. The lowest BCUT2D eigenvalue weighted by atomic mass is 10.1. The maximum absolute atomic E-state index is 13.3. The van der Waals surface area contributed by atoms with Crippen LogP contribution in [0.2, 0.25) is 0 Å². The zero-order valence-electron chi connectivity index (χ0n) is 18.2. The number of anilines is 1. The highest BCUT2D eigenvalue weighted by molar-refractivity contribution is 6.22. The molecule has 35 heavy (non-hydrogen) atoms. The minimum absolute atomic E-state index is 0.00355. The Bertz CT molecular complexity index is 1260. The Morgan fingerprint density at radius 3 is 2.43 bits per heavy atom. The van der Waals surface area contributed by atoms with Gasteiger partial charge in [0.05, 0.1) is 12.1 Å². The van der Waals surface area contributed by atoms with E-state index >= 15 is 0 Å². The minimum atomic E-state index is -4.63. The average Bonchev–Trinajstić information content (AvgIpc) is 3.53. The third kappa shape index (κ3) is 6.13. The molecule has 3 aromatic heterocycles. The van der Waals surface area contributed by atoms with Crippen molar-refractivity contribution in [2.24, 2.45) is 5.73 Å². The molecule has 0 spiro atoms. The Hall–Kier alpha value is -3.97. The second kappa shape index (κ2) is 9.00.